The molecule has 0 spiro atoms. The van der Waals surface area contributed by atoms with Crippen molar-refractivity contribution in [3.05, 3.63) is 98.8 Å². The first-order chi connectivity index (χ1) is 14.5. The van der Waals surface area contributed by atoms with Gasteiger partial charge in [-0.15, -0.1) is 11.3 Å². The third-order valence-electron chi connectivity index (χ3n) is 4.82. The average molecular weight is 416 g/mol. The maximum absolute atomic E-state index is 13.1. The number of thiazole rings is 1. The number of carbonyl (C=O) groups is 1. The minimum absolute atomic E-state index is 0.160. The van der Waals surface area contributed by atoms with Gasteiger partial charge in [0.2, 0.25) is 0 Å². The molecule has 30 heavy (non-hydrogen) atoms. The van der Waals surface area contributed by atoms with Crippen molar-refractivity contribution in [2.75, 3.05) is 0 Å². The summed E-state index contributed by atoms with van der Waals surface area (Å²) in [6.07, 6.45) is 0. The fraction of sp³-hybridized carbons (Fsp3) is 0.125. The van der Waals surface area contributed by atoms with E-state index in [4.69, 9.17) is 4.98 Å². The van der Waals surface area contributed by atoms with Gasteiger partial charge in [0, 0.05) is 28.9 Å². The van der Waals surface area contributed by atoms with Gasteiger partial charge in [0.15, 0.2) is 0 Å². The molecule has 0 saturated carbocycles. The number of hydrogen-bond donors (Lipinski definition) is 2. The molecule has 0 fully saturated rings. The number of aromatic amines is 1. The fourth-order valence-corrected chi connectivity index (χ4v) is 4.33. The van der Waals surface area contributed by atoms with Gasteiger partial charge in [0.05, 0.1) is 5.69 Å². The molecule has 6 heteroatoms. The number of benzene rings is 2. The summed E-state index contributed by atoms with van der Waals surface area (Å²) in [5.41, 5.74) is 4.53. The van der Waals surface area contributed by atoms with Gasteiger partial charge in [-0.1, -0.05) is 60.7 Å². The van der Waals surface area contributed by atoms with Crippen LogP contribution < -0.4 is 10.9 Å². The van der Waals surface area contributed by atoms with Gasteiger partial charge in [0.1, 0.15) is 9.88 Å². The highest BCUT2D eigenvalue weighted by Gasteiger charge is 2.20. The van der Waals surface area contributed by atoms with Crippen LogP contribution in [0.15, 0.2) is 71.5 Å². The number of nitrogens with one attached hydrogen (secondary N) is 2. The van der Waals surface area contributed by atoms with E-state index >= 15 is 0 Å². The number of hydrogen-bond acceptors (Lipinski definition) is 4. The number of pyridine rings is 1. The zero-order chi connectivity index (χ0) is 21.1. The molecule has 4 rings (SSSR count). The molecule has 0 unspecified atom stereocenters. The number of aromatic nitrogens is 2. The molecule has 150 valence electrons. The largest absolute Gasteiger partial charge is 0.347 e. The summed E-state index contributed by atoms with van der Waals surface area (Å²) < 4.78 is 0. The number of nitrogens with zero attached hydrogens (tertiary/aromatic N) is 1. The van der Waals surface area contributed by atoms with E-state index < -0.39 is 0 Å². The third-order valence-corrected chi connectivity index (χ3v) is 5.92. The van der Waals surface area contributed by atoms with Crippen molar-refractivity contribution in [1.82, 2.24) is 15.3 Å². The Morgan fingerprint density at radius 3 is 2.27 bits per heavy atom. The van der Waals surface area contributed by atoms with Crippen molar-refractivity contribution in [2.24, 2.45) is 0 Å². The molecule has 2 aromatic heterocycles. The normalized spacial score (nSPS) is 10.7. The molecule has 2 aromatic carbocycles. The maximum atomic E-state index is 13.1. The number of amides is 1. The van der Waals surface area contributed by atoms with E-state index in [1.807, 2.05) is 80.6 Å². The van der Waals surface area contributed by atoms with Gasteiger partial charge in [-0.05, 0) is 25.5 Å². The summed E-state index contributed by atoms with van der Waals surface area (Å²) in [6.45, 7) is 3.87. The Labute approximate surface area is 178 Å². The van der Waals surface area contributed by atoms with Crippen LogP contribution in [0.5, 0.6) is 0 Å². The lowest BCUT2D eigenvalue weighted by Gasteiger charge is -2.08. The monoisotopic (exact) mass is 415 g/mol. The lowest BCUT2D eigenvalue weighted by molar-refractivity contribution is 0.0955. The SMILES string of the molecule is Cc1cc(C)c(CNC(=O)c2sc(-c3ccccc3)nc2-c2ccccc2)c(=O)[nH]1. The van der Waals surface area contributed by atoms with E-state index in [-0.39, 0.29) is 18.0 Å². The van der Waals surface area contributed by atoms with Crippen LogP contribution in [-0.4, -0.2) is 15.9 Å². The van der Waals surface area contributed by atoms with Crippen LogP contribution in [0, 0.1) is 13.8 Å². The zero-order valence-corrected chi connectivity index (χ0v) is 17.5. The highest BCUT2D eigenvalue weighted by atomic mass is 32.1. The molecule has 0 aliphatic rings. The van der Waals surface area contributed by atoms with Gasteiger partial charge in [-0.2, -0.15) is 0 Å². The predicted molar refractivity (Wildman–Crippen MR) is 121 cm³/mol. The Morgan fingerprint density at radius 1 is 1.00 bits per heavy atom. The molecule has 0 aliphatic heterocycles. The maximum Gasteiger partial charge on any atom is 0.263 e. The average Bonchev–Trinajstić information content (AvgIpc) is 3.20. The number of carbonyl (C=O) groups excluding carboxylic acids is 1. The van der Waals surface area contributed by atoms with Gasteiger partial charge >= 0.3 is 0 Å². The van der Waals surface area contributed by atoms with E-state index in [0.717, 1.165) is 27.4 Å². The van der Waals surface area contributed by atoms with Crippen molar-refractivity contribution in [1.29, 1.82) is 0 Å². The molecule has 0 radical (unpaired) electrons. The minimum Gasteiger partial charge on any atom is -0.347 e. The van der Waals surface area contributed by atoms with Gasteiger partial charge in [0.25, 0.3) is 11.5 Å². The Bertz CT molecular complexity index is 1240. The zero-order valence-electron chi connectivity index (χ0n) is 16.7. The van der Waals surface area contributed by atoms with Crippen LogP contribution in [0.3, 0.4) is 0 Å². The van der Waals surface area contributed by atoms with Gasteiger partial charge < -0.3 is 10.3 Å². The summed E-state index contributed by atoms with van der Waals surface area (Å²) in [4.78, 5) is 33.4. The summed E-state index contributed by atoms with van der Waals surface area (Å²) in [5, 5.41) is 3.68. The van der Waals surface area contributed by atoms with Crippen molar-refractivity contribution < 1.29 is 4.79 Å². The van der Waals surface area contributed by atoms with E-state index in [9.17, 15) is 9.59 Å². The third kappa shape index (κ3) is 4.09. The van der Waals surface area contributed by atoms with Crippen molar-refractivity contribution in [3.63, 3.8) is 0 Å². The highest BCUT2D eigenvalue weighted by molar-refractivity contribution is 7.17. The molecule has 0 aliphatic carbocycles. The highest BCUT2D eigenvalue weighted by Crippen LogP contribution is 2.33. The van der Waals surface area contributed by atoms with Crippen LogP contribution in [-0.2, 0) is 6.54 Å². The topological polar surface area (TPSA) is 74.8 Å². The summed E-state index contributed by atoms with van der Waals surface area (Å²) in [6, 6.07) is 21.4. The van der Waals surface area contributed by atoms with E-state index in [2.05, 4.69) is 10.3 Å². The molecule has 0 atom stereocenters. The first kappa shape index (κ1) is 19.8. The molecule has 0 bridgehead atoms. The molecule has 2 heterocycles. The Balaban J connectivity index is 1.68. The minimum atomic E-state index is -0.243. The molecule has 4 aromatic rings. The smallest absolute Gasteiger partial charge is 0.263 e. The Hall–Kier alpha value is -3.51. The Morgan fingerprint density at radius 2 is 1.63 bits per heavy atom. The molecule has 1 amide bonds. The molecule has 5 nitrogen and oxygen atoms in total. The van der Waals surface area contributed by atoms with Crippen LogP contribution in [0.2, 0.25) is 0 Å². The Kier molecular flexibility index (Phi) is 5.59. The molecular weight excluding hydrogens is 394 g/mol. The lowest BCUT2D eigenvalue weighted by Crippen LogP contribution is -2.27. The number of H-pyrrole nitrogens is 1. The standard InChI is InChI=1S/C24H21N3O2S/c1-15-13-16(2)26-22(28)19(15)14-25-23(29)21-20(17-9-5-3-6-10-17)27-24(30-21)18-11-7-4-8-12-18/h3-13H,14H2,1-2H3,(H,25,29)(H,26,28). The van der Waals surface area contributed by atoms with Gasteiger partial charge in [-0.25, -0.2) is 4.98 Å². The van der Waals surface area contributed by atoms with E-state index in [0.29, 0.717) is 16.1 Å². The second-order valence-electron chi connectivity index (χ2n) is 7.05. The first-order valence-electron chi connectivity index (χ1n) is 9.62. The van der Waals surface area contributed by atoms with E-state index in [1.165, 1.54) is 11.3 Å². The number of aryl methyl sites for hydroxylation is 2. The molecule has 2 N–H and O–H groups in total. The summed E-state index contributed by atoms with van der Waals surface area (Å²) in [5.74, 6) is -0.243. The van der Waals surface area contributed by atoms with E-state index in [1.54, 1.807) is 0 Å². The number of rotatable bonds is 5. The van der Waals surface area contributed by atoms with Crippen molar-refractivity contribution in [2.45, 2.75) is 20.4 Å². The predicted octanol–water partition coefficient (Wildman–Crippen LogP) is 4.71. The second-order valence-corrected chi connectivity index (χ2v) is 8.05. The second kappa shape index (κ2) is 8.47. The van der Waals surface area contributed by atoms with Crippen molar-refractivity contribution >= 4 is 17.2 Å². The van der Waals surface area contributed by atoms with Crippen LogP contribution in [0.25, 0.3) is 21.8 Å². The molecular formula is C24H21N3O2S. The first-order valence-corrected chi connectivity index (χ1v) is 10.4. The lowest BCUT2D eigenvalue weighted by atomic mass is 10.1. The van der Waals surface area contributed by atoms with Crippen LogP contribution in [0.1, 0.15) is 26.5 Å². The van der Waals surface area contributed by atoms with Gasteiger partial charge in [-0.3, -0.25) is 9.59 Å². The quantitative estimate of drug-likeness (QED) is 0.496. The summed E-state index contributed by atoms with van der Waals surface area (Å²) in [7, 11) is 0. The fourth-order valence-electron chi connectivity index (χ4n) is 3.32. The molecule has 0 saturated heterocycles. The summed E-state index contributed by atoms with van der Waals surface area (Å²) >= 11 is 1.35. The van der Waals surface area contributed by atoms with Crippen LogP contribution in [0.4, 0.5) is 0 Å². The van der Waals surface area contributed by atoms with Crippen molar-refractivity contribution in [3.8, 4) is 21.8 Å². The van der Waals surface area contributed by atoms with Crippen LogP contribution >= 0.6 is 11.3 Å².